The van der Waals surface area contributed by atoms with Crippen LogP contribution < -0.4 is 5.32 Å². The van der Waals surface area contributed by atoms with Crippen LogP contribution in [0.25, 0.3) is 0 Å². The maximum Gasteiger partial charge on any atom is 0.255 e. The second-order valence-electron chi connectivity index (χ2n) is 4.72. The number of hydrogen-bond donors (Lipinski definition) is 2. The van der Waals surface area contributed by atoms with Gasteiger partial charge in [-0.3, -0.25) is 9.78 Å². The van der Waals surface area contributed by atoms with Gasteiger partial charge in [-0.2, -0.15) is 0 Å². The molecule has 1 aliphatic rings. The van der Waals surface area contributed by atoms with Crippen molar-refractivity contribution in [2.75, 3.05) is 6.54 Å². The highest BCUT2D eigenvalue weighted by atomic mass is 35.5. The van der Waals surface area contributed by atoms with E-state index in [-0.39, 0.29) is 17.2 Å². The fourth-order valence-electron chi connectivity index (χ4n) is 2.24. The molecule has 0 aliphatic heterocycles. The van der Waals surface area contributed by atoms with E-state index in [0.29, 0.717) is 17.8 Å². The number of halogens is 1. The lowest BCUT2D eigenvalue weighted by Gasteiger charge is -2.25. The Labute approximate surface area is 111 Å². The summed E-state index contributed by atoms with van der Waals surface area (Å²) < 4.78 is 0. The molecule has 2 N–H and O–H groups in total. The molecule has 5 heteroatoms. The van der Waals surface area contributed by atoms with Gasteiger partial charge in [0.05, 0.1) is 11.8 Å². The molecule has 1 aromatic rings. The molecule has 1 fully saturated rings. The Balaban J connectivity index is 1.84. The molecule has 18 heavy (non-hydrogen) atoms. The van der Waals surface area contributed by atoms with Crippen molar-refractivity contribution in [1.82, 2.24) is 10.3 Å². The first-order chi connectivity index (χ1) is 8.66. The molecule has 0 spiro atoms. The highest BCUT2D eigenvalue weighted by Crippen LogP contribution is 2.27. The molecule has 98 valence electrons. The van der Waals surface area contributed by atoms with E-state index in [0.717, 1.165) is 25.7 Å². The van der Waals surface area contributed by atoms with E-state index in [9.17, 15) is 9.90 Å². The van der Waals surface area contributed by atoms with Crippen LogP contribution in [0.3, 0.4) is 0 Å². The van der Waals surface area contributed by atoms with Gasteiger partial charge in [0, 0.05) is 18.1 Å². The van der Waals surface area contributed by atoms with Crippen LogP contribution in [0.2, 0.25) is 0 Å². The van der Waals surface area contributed by atoms with Gasteiger partial charge in [-0.05, 0) is 37.7 Å². The van der Waals surface area contributed by atoms with Crippen LogP contribution in [0, 0.1) is 5.92 Å². The molecule has 4 nitrogen and oxygen atoms in total. The van der Waals surface area contributed by atoms with Gasteiger partial charge in [-0.25, -0.2) is 0 Å². The zero-order valence-electron chi connectivity index (χ0n) is 10.1. The SMILES string of the molecule is O=C(NCC1CCC(Cl)CC1)c1ccncc1O. The number of nitrogens with one attached hydrogen (secondary N) is 1. The Morgan fingerprint density at radius 1 is 1.44 bits per heavy atom. The number of carbonyl (C=O) groups is 1. The summed E-state index contributed by atoms with van der Waals surface area (Å²) in [5.74, 6) is 0.162. The highest BCUT2D eigenvalue weighted by Gasteiger charge is 2.20. The van der Waals surface area contributed by atoms with E-state index >= 15 is 0 Å². The normalized spacial score (nSPS) is 23.6. The van der Waals surface area contributed by atoms with Crippen molar-refractivity contribution in [3.05, 3.63) is 24.0 Å². The minimum atomic E-state index is -0.247. The number of pyridine rings is 1. The lowest BCUT2D eigenvalue weighted by Crippen LogP contribution is -2.31. The molecule has 0 saturated heterocycles. The van der Waals surface area contributed by atoms with Gasteiger partial charge < -0.3 is 10.4 Å². The van der Waals surface area contributed by atoms with E-state index in [2.05, 4.69) is 10.3 Å². The predicted molar refractivity (Wildman–Crippen MR) is 69.8 cm³/mol. The molecule has 0 aromatic carbocycles. The first kappa shape index (κ1) is 13.1. The van der Waals surface area contributed by atoms with E-state index < -0.39 is 0 Å². The average molecular weight is 269 g/mol. The quantitative estimate of drug-likeness (QED) is 0.827. The molecule has 1 amide bonds. The van der Waals surface area contributed by atoms with E-state index in [1.807, 2.05) is 0 Å². The number of carbonyl (C=O) groups excluding carboxylic acids is 1. The van der Waals surface area contributed by atoms with Crippen LogP contribution >= 0.6 is 11.6 Å². The Hall–Kier alpha value is -1.29. The fraction of sp³-hybridized carbons (Fsp3) is 0.538. The van der Waals surface area contributed by atoms with Crippen LogP contribution in [0.4, 0.5) is 0 Å². The minimum Gasteiger partial charge on any atom is -0.505 e. The minimum absolute atomic E-state index is 0.0838. The second-order valence-corrected chi connectivity index (χ2v) is 5.34. The second kappa shape index (κ2) is 6.05. The van der Waals surface area contributed by atoms with Crippen molar-refractivity contribution in [3.8, 4) is 5.75 Å². The number of nitrogens with zero attached hydrogens (tertiary/aromatic N) is 1. The summed E-state index contributed by atoms with van der Waals surface area (Å²) in [5, 5.41) is 12.7. The third-order valence-corrected chi connectivity index (χ3v) is 3.81. The zero-order chi connectivity index (χ0) is 13.0. The fourth-order valence-corrected chi connectivity index (χ4v) is 2.49. The van der Waals surface area contributed by atoms with Crippen LogP contribution in [-0.2, 0) is 0 Å². The smallest absolute Gasteiger partial charge is 0.255 e. The Kier molecular flexibility index (Phi) is 4.42. The van der Waals surface area contributed by atoms with Crippen LogP contribution in [0.15, 0.2) is 18.5 Å². The molecular weight excluding hydrogens is 252 g/mol. The topological polar surface area (TPSA) is 62.2 Å². The van der Waals surface area contributed by atoms with E-state index in [1.165, 1.54) is 18.5 Å². The van der Waals surface area contributed by atoms with Crippen molar-refractivity contribution in [2.24, 2.45) is 5.92 Å². The molecular formula is C13H17ClN2O2. The number of alkyl halides is 1. The van der Waals surface area contributed by atoms with Gasteiger partial charge in [0.1, 0.15) is 5.75 Å². The number of aromatic hydroxyl groups is 1. The zero-order valence-corrected chi connectivity index (χ0v) is 10.9. The van der Waals surface area contributed by atoms with Gasteiger partial charge in [0.15, 0.2) is 0 Å². The maximum absolute atomic E-state index is 11.8. The van der Waals surface area contributed by atoms with Gasteiger partial charge >= 0.3 is 0 Å². The standard InChI is InChI=1S/C13H17ClN2O2/c14-10-3-1-9(2-4-10)7-16-13(18)11-5-6-15-8-12(11)17/h5-6,8-10,17H,1-4,7H2,(H,16,18). The Morgan fingerprint density at radius 2 is 2.17 bits per heavy atom. The highest BCUT2D eigenvalue weighted by molar-refractivity contribution is 6.20. The van der Waals surface area contributed by atoms with E-state index in [4.69, 9.17) is 11.6 Å². The summed E-state index contributed by atoms with van der Waals surface area (Å²) in [6, 6.07) is 1.51. The van der Waals surface area contributed by atoms with Crippen molar-refractivity contribution < 1.29 is 9.90 Å². The first-order valence-electron chi connectivity index (χ1n) is 6.22. The lowest BCUT2D eigenvalue weighted by atomic mass is 9.89. The molecule has 0 radical (unpaired) electrons. The molecule has 0 unspecified atom stereocenters. The van der Waals surface area contributed by atoms with Gasteiger partial charge in [0.2, 0.25) is 0 Å². The summed E-state index contributed by atoms with van der Waals surface area (Å²) in [7, 11) is 0. The third kappa shape index (κ3) is 3.35. The summed E-state index contributed by atoms with van der Waals surface area (Å²) >= 11 is 6.03. The van der Waals surface area contributed by atoms with Crippen LogP contribution in [0.1, 0.15) is 36.0 Å². The molecule has 0 atom stereocenters. The summed E-state index contributed by atoms with van der Waals surface area (Å²) in [4.78, 5) is 15.6. The van der Waals surface area contributed by atoms with Crippen molar-refractivity contribution >= 4 is 17.5 Å². The van der Waals surface area contributed by atoms with Gasteiger partial charge in [-0.15, -0.1) is 11.6 Å². The molecule has 2 rings (SSSR count). The molecule has 1 aromatic heterocycles. The molecule has 1 heterocycles. The van der Waals surface area contributed by atoms with Crippen LogP contribution in [0.5, 0.6) is 5.75 Å². The average Bonchev–Trinajstić information content (AvgIpc) is 2.38. The number of amides is 1. The Bertz CT molecular complexity index is 417. The first-order valence-corrected chi connectivity index (χ1v) is 6.65. The summed E-state index contributed by atoms with van der Waals surface area (Å²) in [6.07, 6.45) is 6.90. The van der Waals surface area contributed by atoms with Gasteiger partial charge in [-0.1, -0.05) is 0 Å². The van der Waals surface area contributed by atoms with Crippen molar-refractivity contribution in [3.63, 3.8) is 0 Å². The summed E-state index contributed by atoms with van der Waals surface area (Å²) in [6.45, 7) is 0.643. The van der Waals surface area contributed by atoms with Gasteiger partial charge in [0.25, 0.3) is 5.91 Å². The Morgan fingerprint density at radius 3 is 2.83 bits per heavy atom. The lowest BCUT2D eigenvalue weighted by molar-refractivity contribution is 0.0941. The summed E-state index contributed by atoms with van der Waals surface area (Å²) in [5.41, 5.74) is 0.274. The van der Waals surface area contributed by atoms with E-state index in [1.54, 1.807) is 0 Å². The molecule has 1 aliphatic carbocycles. The maximum atomic E-state index is 11.8. The largest absolute Gasteiger partial charge is 0.505 e. The molecule has 0 bridgehead atoms. The van der Waals surface area contributed by atoms with Crippen molar-refractivity contribution in [2.45, 2.75) is 31.1 Å². The predicted octanol–water partition coefficient (Wildman–Crippen LogP) is 2.31. The van der Waals surface area contributed by atoms with Crippen LogP contribution in [-0.4, -0.2) is 27.9 Å². The van der Waals surface area contributed by atoms with Crippen molar-refractivity contribution in [1.29, 1.82) is 0 Å². The number of aromatic nitrogens is 1. The molecule has 1 saturated carbocycles. The third-order valence-electron chi connectivity index (χ3n) is 3.37. The number of rotatable bonds is 3. The monoisotopic (exact) mass is 268 g/mol. The number of hydrogen-bond acceptors (Lipinski definition) is 3.